The van der Waals surface area contributed by atoms with Gasteiger partial charge in [0.15, 0.2) is 0 Å². The second-order valence-corrected chi connectivity index (χ2v) is 7.22. The van der Waals surface area contributed by atoms with Crippen molar-refractivity contribution in [3.05, 3.63) is 53.8 Å². The zero-order chi connectivity index (χ0) is 21.3. The summed E-state index contributed by atoms with van der Waals surface area (Å²) in [5.74, 6) is 1.06. The minimum absolute atomic E-state index is 0.0906. The van der Waals surface area contributed by atoms with Gasteiger partial charge in [-0.3, -0.25) is 14.6 Å². The number of benzene rings is 2. The molecule has 1 heterocycles. The number of piperazine rings is 1. The Hall–Kier alpha value is -2.64. The Morgan fingerprint density at radius 1 is 1.00 bits per heavy atom. The lowest BCUT2D eigenvalue weighted by molar-refractivity contribution is -0.117. The van der Waals surface area contributed by atoms with Crippen molar-refractivity contribution in [1.82, 2.24) is 9.80 Å². The number of hydrogen-bond acceptors (Lipinski definition) is 5. The molecule has 162 valence electrons. The predicted molar refractivity (Wildman–Crippen MR) is 116 cm³/mol. The van der Waals surface area contributed by atoms with Crippen molar-refractivity contribution in [2.45, 2.75) is 20.4 Å². The molecule has 0 aliphatic carbocycles. The highest BCUT2D eigenvalue weighted by molar-refractivity contribution is 5.94. The van der Waals surface area contributed by atoms with Gasteiger partial charge in [0.25, 0.3) is 0 Å². The van der Waals surface area contributed by atoms with E-state index in [1.165, 1.54) is 6.07 Å². The van der Waals surface area contributed by atoms with Gasteiger partial charge >= 0.3 is 0 Å². The first kappa shape index (κ1) is 22.1. The molecule has 2 aromatic rings. The summed E-state index contributed by atoms with van der Waals surface area (Å²) in [6.07, 6.45) is 0. The second-order valence-electron chi connectivity index (χ2n) is 7.22. The fraction of sp³-hybridized carbons (Fsp3) is 0.435. The summed E-state index contributed by atoms with van der Waals surface area (Å²) < 4.78 is 25.0. The Balaban J connectivity index is 1.51. The van der Waals surface area contributed by atoms with Crippen LogP contribution < -0.4 is 14.8 Å². The number of carbonyl (C=O) groups is 1. The lowest BCUT2D eigenvalue weighted by Crippen LogP contribution is -2.48. The zero-order valence-corrected chi connectivity index (χ0v) is 17.7. The quantitative estimate of drug-likeness (QED) is 0.681. The summed E-state index contributed by atoms with van der Waals surface area (Å²) in [6.45, 7) is 8.91. The van der Waals surface area contributed by atoms with Gasteiger partial charge in [-0.15, -0.1) is 0 Å². The Labute approximate surface area is 177 Å². The van der Waals surface area contributed by atoms with Gasteiger partial charge in [-0.05, 0) is 32.0 Å². The van der Waals surface area contributed by atoms with Crippen molar-refractivity contribution in [2.75, 3.05) is 51.3 Å². The molecule has 0 atom stereocenters. The van der Waals surface area contributed by atoms with Crippen LogP contribution in [0.4, 0.5) is 10.1 Å². The average molecular weight is 416 g/mol. The van der Waals surface area contributed by atoms with Crippen molar-refractivity contribution in [3.63, 3.8) is 0 Å². The fourth-order valence-electron chi connectivity index (χ4n) is 3.51. The number of rotatable bonds is 9. The van der Waals surface area contributed by atoms with Crippen LogP contribution >= 0.6 is 0 Å². The summed E-state index contributed by atoms with van der Waals surface area (Å²) in [6, 6.07) is 12.3. The van der Waals surface area contributed by atoms with E-state index in [4.69, 9.17) is 9.47 Å². The molecule has 0 unspecified atom stereocenters. The molecule has 0 bridgehead atoms. The first-order valence-corrected chi connectivity index (χ1v) is 10.5. The van der Waals surface area contributed by atoms with Gasteiger partial charge in [0.1, 0.15) is 17.3 Å². The van der Waals surface area contributed by atoms with Crippen LogP contribution in [-0.4, -0.2) is 61.6 Å². The Morgan fingerprint density at radius 3 is 2.40 bits per heavy atom. The molecule has 0 radical (unpaired) electrons. The van der Waals surface area contributed by atoms with Crippen LogP contribution in [0.15, 0.2) is 42.5 Å². The number of halogens is 1. The molecule has 1 aliphatic heterocycles. The van der Waals surface area contributed by atoms with E-state index in [9.17, 15) is 9.18 Å². The number of nitrogens with one attached hydrogen (secondary N) is 1. The number of amides is 1. The van der Waals surface area contributed by atoms with Gasteiger partial charge in [-0.25, -0.2) is 4.39 Å². The van der Waals surface area contributed by atoms with Crippen LogP contribution in [-0.2, 0) is 11.3 Å². The molecule has 3 rings (SSSR count). The minimum atomic E-state index is -0.168. The highest BCUT2D eigenvalue weighted by Gasteiger charge is 2.20. The summed E-state index contributed by atoms with van der Waals surface area (Å²) in [5.41, 5.74) is 1.33. The maximum atomic E-state index is 13.9. The number of nitrogens with zero attached hydrogens (tertiary/aromatic N) is 2. The third-order valence-corrected chi connectivity index (χ3v) is 5.02. The standard InChI is InChI=1S/C23H30FN3O3/c1-3-29-19-9-10-22(30-4-2)21(15-19)25-23(28)17-27-13-11-26(12-14-27)16-18-7-5-6-8-20(18)24/h5-10,15H,3-4,11-14,16-17H2,1-2H3,(H,25,28). The molecule has 1 aliphatic rings. The monoisotopic (exact) mass is 415 g/mol. The summed E-state index contributed by atoms with van der Waals surface area (Å²) >= 11 is 0. The molecule has 2 aromatic carbocycles. The van der Waals surface area contributed by atoms with E-state index >= 15 is 0 Å². The van der Waals surface area contributed by atoms with Crippen molar-refractivity contribution in [2.24, 2.45) is 0 Å². The average Bonchev–Trinajstić information content (AvgIpc) is 2.73. The van der Waals surface area contributed by atoms with E-state index in [0.29, 0.717) is 49.1 Å². The molecule has 1 amide bonds. The molecular formula is C23H30FN3O3. The zero-order valence-electron chi connectivity index (χ0n) is 17.7. The van der Waals surface area contributed by atoms with Crippen LogP contribution in [0.5, 0.6) is 11.5 Å². The maximum absolute atomic E-state index is 13.9. The normalized spacial score (nSPS) is 15.0. The van der Waals surface area contributed by atoms with Gasteiger partial charge in [0, 0.05) is 44.4 Å². The highest BCUT2D eigenvalue weighted by Crippen LogP contribution is 2.29. The molecule has 6 nitrogen and oxygen atoms in total. The third kappa shape index (κ3) is 6.18. The predicted octanol–water partition coefficient (Wildman–Crippen LogP) is 3.38. The smallest absolute Gasteiger partial charge is 0.238 e. The van der Waals surface area contributed by atoms with Gasteiger partial charge < -0.3 is 14.8 Å². The first-order chi connectivity index (χ1) is 14.6. The Kier molecular flexibility index (Phi) is 8.04. The van der Waals surface area contributed by atoms with Crippen molar-refractivity contribution in [1.29, 1.82) is 0 Å². The number of hydrogen-bond donors (Lipinski definition) is 1. The van der Waals surface area contributed by atoms with E-state index in [1.807, 2.05) is 38.1 Å². The molecule has 0 spiro atoms. The Morgan fingerprint density at radius 2 is 1.70 bits per heavy atom. The van der Waals surface area contributed by atoms with E-state index in [0.717, 1.165) is 26.2 Å². The molecule has 30 heavy (non-hydrogen) atoms. The van der Waals surface area contributed by atoms with Crippen LogP contribution in [0.1, 0.15) is 19.4 Å². The van der Waals surface area contributed by atoms with Gasteiger partial charge in [-0.2, -0.15) is 0 Å². The maximum Gasteiger partial charge on any atom is 0.238 e. The van der Waals surface area contributed by atoms with Crippen LogP contribution in [0.3, 0.4) is 0 Å². The second kappa shape index (κ2) is 10.9. The first-order valence-electron chi connectivity index (χ1n) is 10.5. The topological polar surface area (TPSA) is 54.0 Å². The minimum Gasteiger partial charge on any atom is -0.494 e. The van der Waals surface area contributed by atoms with Crippen LogP contribution in [0, 0.1) is 5.82 Å². The molecule has 1 N–H and O–H groups in total. The number of carbonyl (C=O) groups excluding carboxylic acids is 1. The van der Waals surface area contributed by atoms with E-state index in [1.54, 1.807) is 12.1 Å². The SMILES string of the molecule is CCOc1ccc(OCC)c(NC(=O)CN2CCN(Cc3ccccc3F)CC2)c1. The third-order valence-electron chi connectivity index (χ3n) is 5.02. The lowest BCUT2D eigenvalue weighted by Gasteiger charge is -2.34. The summed E-state index contributed by atoms with van der Waals surface area (Å²) in [7, 11) is 0. The molecular weight excluding hydrogens is 385 g/mol. The Bertz CT molecular complexity index is 838. The van der Waals surface area contributed by atoms with Gasteiger partial charge in [0.05, 0.1) is 25.4 Å². The largest absolute Gasteiger partial charge is 0.494 e. The fourth-order valence-corrected chi connectivity index (χ4v) is 3.51. The van der Waals surface area contributed by atoms with E-state index in [-0.39, 0.29) is 11.7 Å². The summed E-state index contributed by atoms with van der Waals surface area (Å²) in [4.78, 5) is 16.9. The van der Waals surface area contributed by atoms with Gasteiger partial charge in [-0.1, -0.05) is 18.2 Å². The molecule has 1 fully saturated rings. The van der Waals surface area contributed by atoms with Crippen molar-refractivity contribution >= 4 is 11.6 Å². The molecule has 0 saturated carbocycles. The van der Waals surface area contributed by atoms with Gasteiger partial charge in [0.2, 0.25) is 5.91 Å². The van der Waals surface area contributed by atoms with Crippen molar-refractivity contribution < 1.29 is 18.7 Å². The number of anilines is 1. The molecule has 1 saturated heterocycles. The van der Waals surface area contributed by atoms with Crippen LogP contribution in [0.2, 0.25) is 0 Å². The highest BCUT2D eigenvalue weighted by atomic mass is 19.1. The molecule has 7 heteroatoms. The lowest BCUT2D eigenvalue weighted by atomic mass is 10.2. The summed E-state index contributed by atoms with van der Waals surface area (Å²) in [5, 5.41) is 2.95. The van der Waals surface area contributed by atoms with Crippen LogP contribution in [0.25, 0.3) is 0 Å². The number of ether oxygens (including phenoxy) is 2. The molecule has 0 aromatic heterocycles. The van der Waals surface area contributed by atoms with Crippen molar-refractivity contribution in [3.8, 4) is 11.5 Å². The van der Waals surface area contributed by atoms with E-state index < -0.39 is 0 Å². The van der Waals surface area contributed by atoms with E-state index in [2.05, 4.69) is 15.1 Å².